The lowest BCUT2D eigenvalue weighted by Gasteiger charge is -2.18. The fraction of sp³-hybridized carbons (Fsp3) is 0.957. The van der Waals surface area contributed by atoms with Gasteiger partial charge in [0, 0.05) is 12.8 Å². The summed E-state index contributed by atoms with van der Waals surface area (Å²) in [4.78, 5) is 42.9. The Morgan fingerprint density at radius 1 is 0.400 bits per heavy atom. The van der Waals surface area contributed by atoms with Crippen molar-refractivity contribution in [2.45, 2.75) is 270 Å². The number of unbranched alkanes of at least 4 members (excludes halogenated alkanes) is 35. The molecule has 0 aliphatic heterocycles. The van der Waals surface area contributed by atoms with Crippen LogP contribution in [0.4, 0.5) is 0 Å². The van der Waals surface area contributed by atoms with Crippen LogP contribution in [0.2, 0.25) is 0 Å². The first kappa shape index (κ1) is 54.0. The number of rotatable bonds is 45. The lowest BCUT2D eigenvalue weighted by molar-refractivity contribution is -0.161. The molecule has 1 atom stereocenters. The van der Waals surface area contributed by atoms with Gasteiger partial charge in [-0.2, -0.15) is 0 Å². The van der Waals surface area contributed by atoms with Crippen LogP contribution < -0.4 is 0 Å². The lowest BCUT2D eigenvalue weighted by Crippen LogP contribution is -2.29. The Bertz CT molecular complexity index is 863. The largest absolute Gasteiger partial charge is 0.469 e. The average molecular weight is 803 g/mol. The molecule has 0 saturated carbocycles. The summed E-state index contributed by atoms with van der Waals surface area (Å²) in [5, 5.41) is 0. The lowest BCUT2D eigenvalue weighted by atomic mass is 10.0. The molecule has 0 aliphatic rings. The first-order chi connectivity index (χ1) is 26.8. The van der Waals surface area contributed by atoms with Gasteiger partial charge in [0.05, 0.1) is 6.61 Å². The van der Waals surface area contributed by atoms with Crippen LogP contribution in [-0.2, 0) is 28.2 Å². The number of ether oxygens (including phenoxy) is 2. The molecule has 0 rings (SSSR count). The highest BCUT2D eigenvalue weighted by Crippen LogP contribution is 2.36. The third-order valence-electron chi connectivity index (χ3n) is 10.9. The van der Waals surface area contributed by atoms with Crippen LogP contribution in [-0.4, -0.2) is 41.0 Å². The van der Waals surface area contributed by atoms with Crippen molar-refractivity contribution in [2.75, 3.05) is 13.2 Å². The maximum atomic E-state index is 12.4. The number of hydrogen-bond donors (Lipinski definition) is 2. The van der Waals surface area contributed by atoms with Crippen molar-refractivity contribution < 1.29 is 37.9 Å². The number of carbonyl (C=O) groups excluding carboxylic acids is 2. The molecular formula is C46H91O8P. The Hall–Kier alpha value is -0.950. The predicted molar refractivity (Wildman–Crippen MR) is 230 cm³/mol. The van der Waals surface area contributed by atoms with E-state index in [1.807, 2.05) is 0 Å². The smallest absolute Gasteiger partial charge is 0.462 e. The third kappa shape index (κ3) is 45.6. The average Bonchev–Trinajstić information content (AvgIpc) is 3.16. The van der Waals surface area contributed by atoms with Crippen LogP contribution in [0, 0.1) is 0 Å². The molecule has 0 heterocycles. The number of carbonyl (C=O) groups is 2. The van der Waals surface area contributed by atoms with E-state index in [2.05, 4.69) is 18.4 Å². The molecule has 0 bridgehead atoms. The van der Waals surface area contributed by atoms with Crippen molar-refractivity contribution in [3.63, 3.8) is 0 Å². The van der Waals surface area contributed by atoms with E-state index in [0.717, 1.165) is 32.1 Å². The Balaban J connectivity index is 3.74. The second-order valence-corrected chi connectivity index (χ2v) is 17.7. The van der Waals surface area contributed by atoms with E-state index in [0.29, 0.717) is 6.42 Å². The number of phosphoric acid groups is 1. The second kappa shape index (κ2) is 42.7. The van der Waals surface area contributed by atoms with Gasteiger partial charge < -0.3 is 19.3 Å². The van der Waals surface area contributed by atoms with Gasteiger partial charge in [0.1, 0.15) is 6.61 Å². The first-order valence-electron chi connectivity index (χ1n) is 23.8. The highest BCUT2D eigenvalue weighted by atomic mass is 31.2. The molecule has 55 heavy (non-hydrogen) atoms. The van der Waals surface area contributed by atoms with Crippen LogP contribution in [0.15, 0.2) is 0 Å². The molecule has 0 spiro atoms. The molecule has 0 aliphatic carbocycles. The summed E-state index contributed by atoms with van der Waals surface area (Å²) < 4.78 is 26.5. The maximum absolute atomic E-state index is 12.4. The third-order valence-corrected chi connectivity index (χ3v) is 11.4. The fourth-order valence-corrected chi connectivity index (χ4v) is 7.68. The van der Waals surface area contributed by atoms with Crippen molar-refractivity contribution in [3.05, 3.63) is 0 Å². The van der Waals surface area contributed by atoms with E-state index in [-0.39, 0.29) is 19.4 Å². The minimum Gasteiger partial charge on any atom is -0.462 e. The summed E-state index contributed by atoms with van der Waals surface area (Å²) in [5.74, 6) is -0.865. The number of hydrogen-bond acceptors (Lipinski definition) is 6. The standard InChI is InChI=1S/C46H91O8P/c1-3-5-7-9-11-13-15-17-18-19-20-21-22-23-24-25-26-27-29-31-33-35-37-39-41-46(48)54-44(43-53-55(49,50)51)42-52-45(47)40-38-36-34-32-30-28-16-14-12-10-8-6-4-2/h44H,3-43H2,1-2H3,(H2,49,50,51). The van der Waals surface area contributed by atoms with E-state index < -0.39 is 32.5 Å². The van der Waals surface area contributed by atoms with E-state index in [4.69, 9.17) is 19.3 Å². The van der Waals surface area contributed by atoms with Gasteiger partial charge in [-0.25, -0.2) is 4.57 Å². The summed E-state index contributed by atoms with van der Waals surface area (Å²) in [7, 11) is -4.75. The number of phosphoric ester groups is 1. The van der Waals surface area contributed by atoms with Gasteiger partial charge in [-0.15, -0.1) is 0 Å². The summed E-state index contributed by atoms with van der Waals surface area (Å²) in [6.45, 7) is 3.73. The van der Waals surface area contributed by atoms with Crippen LogP contribution in [0.1, 0.15) is 264 Å². The Labute approximate surface area is 340 Å². The van der Waals surface area contributed by atoms with Crippen molar-refractivity contribution in [3.8, 4) is 0 Å². The van der Waals surface area contributed by atoms with E-state index in [1.165, 1.54) is 199 Å². The molecule has 0 saturated heterocycles. The van der Waals surface area contributed by atoms with Gasteiger partial charge in [0.25, 0.3) is 0 Å². The van der Waals surface area contributed by atoms with Crippen molar-refractivity contribution in [1.29, 1.82) is 0 Å². The summed E-state index contributed by atoms with van der Waals surface area (Å²) in [6.07, 6.45) is 47.0. The topological polar surface area (TPSA) is 119 Å². The molecule has 0 radical (unpaired) electrons. The fourth-order valence-electron chi connectivity index (χ4n) is 7.32. The van der Waals surface area contributed by atoms with Gasteiger partial charge in [0.2, 0.25) is 0 Å². The molecule has 8 nitrogen and oxygen atoms in total. The van der Waals surface area contributed by atoms with Gasteiger partial charge in [-0.3, -0.25) is 14.1 Å². The van der Waals surface area contributed by atoms with Crippen LogP contribution >= 0.6 is 7.82 Å². The molecule has 0 aromatic rings. The highest BCUT2D eigenvalue weighted by Gasteiger charge is 2.23. The molecule has 0 aromatic heterocycles. The molecule has 328 valence electrons. The van der Waals surface area contributed by atoms with Gasteiger partial charge in [-0.05, 0) is 12.8 Å². The molecular weight excluding hydrogens is 711 g/mol. The maximum Gasteiger partial charge on any atom is 0.469 e. The molecule has 1 unspecified atom stereocenters. The zero-order valence-electron chi connectivity index (χ0n) is 36.4. The minimum atomic E-state index is -4.75. The first-order valence-corrected chi connectivity index (χ1v) is 25.4. The predicted octanol–water partition coefficient (Wildman–Crippen LogP) is 14.8. The molecule has 0 aromatic carbocycles. The normalized spacial score (nSPS) is 12.3. The Kier molecular flexibility index (Phi) is 41.9. The van der Waals surface area contributed by atoms with Crippen molar-refractivity contribution in [1.82, 2.24) is 0 Å². The number of esters is 2. The summed E-state index contributed by atoms with van der Waals surface area (Å²) >= 11 is 0. The van der Waals surface area contributed by atoms with Gasteiger partial charge >= 0.3 is 19.8 Å². The molecule has 0 amide bonds. The van der Waals surface area contributed by atoms with Gasteiger partial charge in [-0.1, -0.05) is 239 Å². The quantitative estimate of drug-likeness (QED) is 0.0355. The van der Waals surface area contributed by atoms with E-state index in [1.54, 1.807) is 0 Å². The summed E-state index contributed by atoms with van der Waals surface area (Å²) in [5.41, 5.74) is 0. The van der Waals surface area contributed by atoms with Crippen LogP contribution in [0.25, 0.3) is 0 Å². The van der Waals surface area contributed by atoms with E-state index >= 15 is 0 Å². The summed E-state index contributed by atoms with van der Waals surface area (Å²) in [6, 6.07) is 0. The SMILES string of the molecule is CCCCCCCCCCCCCCCCCCCCCCCCCCC(=O)OC(COC(=O)CCCCCCCCCCCCCCC)COP(=O)(O)O. The van der Waals surface area contributed by atoms with E-state index in [9.17, 15) is 14.2 Å². The monoisotopic (exact) mass is 803 g/mol. The van der Waals surface area contributed by atoms with Crippen molar-refractivity contribution in [2.24, 2.45) is 0 Å². The molecule has 9 heteroatoms. The van der Waals surface area contributed by atoms with Crippen LogP contribution in [0.3, 0.4) is 0 Å². The Morgan fingerprint density at radius 3 is 0.927 bits per heavy atom. The van der Waals surface area contributed by atoms with Crippen molar-refractivity contribution >= 4 is 19.8 Å². The zero-order chi connectivity index (χ0) is 40.3. The highest BCUT2D eigenvalue weighted by molar-refractivity contribution is 7.46. The minimum absolute atomic E-state index is 0.221. The molecule has 2 N–H and O–H groups in total. The second-order valence-electron chi connectivity index (χ2n) is 16.5. The molecule has 0 fully saturated rings. The van der Waals surface area contributed by atoms with Crippen LogP contribution in [0.5, 0.6) is 0 Å². The van der Waals surface area contributed by atoms with Gasteiger partial charge in [0.15, 0.2) is 6.10 Å². The Morgan fingerprint density at radius 2 is 0.655 bits per heavy atom. The zero-order valence-corrected chi connectivity index (χ0v) is 37.3.